The maximum Gasteiger partial charge on any atom is 0.305 e. The van der Waals surface area contributed by atoms with E-state index in [-0.39, 0.29) is 6.42 Å². The summed E-state index contributed by atoms with van der Waals surface area (Å²) in [4.78, 5) is 11.2. The smallest absolute Gasteiger partial charge is 0.305 e. The second kappa shape index (κ2) is 8.57. The number of hydrogen-bond acceptors (Lipinski definition) is 2. The first-order valence-electron chi connectivity index (χ1n) is 6.92. The molecule has 2 heteroatoms. The topological polar surface area (TPSA) is 26.3 Å². The molecule has 0 saturated carbocycles. The summed E-state index contributed by atoms with van der Waals surface area (Å²) >= 11 is 0. The summed E-state index contributed by atoms with van der Waals surface area (Å²) in [7, 11) is 0. The Bertz CT molecular complexity index is 237. The highest BCUT2D eigenvalue weighted by molar-refractivity contribution is 5.69. The van der Waals surface area contributed by atoms with E-state index < -0.39 is 19.4 Å². The molecular formula is C10H20O2. The summed E-state index contributed by atoms with van der Waals surface area (Å²) in [6.45, 7) is -3.75. The first-order valence-corrected chi connectivity index (χ1v) is 4.42. The van der Waals surface area contributed by atoms with Crippen LogP contribution in [0, 0.1) is 0 Å². The van der Waals surface area contributed by atoms with Crippen molar-refractivity contribution >= 4 is 5.97 Å². The minimum absolute atomic E-state index is 0.0688. The van der Waals surface area contributed by atoms with E-state index in [0.29, 0.717) is 6.42 Å². The molecule has 0 bridgehead atoms. The normalized spacial score (nSPS) is 18.2. The van der Waals surface area contributed by atoms with Crippen LogP contribution >= 0.6 is 0 Å². The van der Waals surface area contributed by atoms with E-state index in [9.17, 15) is 4.79 Å². The molecule has 0 aromatic heterocycles. The first-order chi connectivity index (χ1) is 7.70. The van der Waals surface area contributed by atoms with Crippen LogP contribution in [0.5, 0.6) is 0 Å². The van der Waals surface area contributed by atoms with Crippen LogP contribution in [0.3, 0.4) is 0 Å². The molecule has 0 aliphatic rings. The molecule has 0 saturated heterocycles. The fourth-order valence-corrected chi connectivity index (χ4v) is 0.981. The van der Waals surface area contributed by atoms with Gasteiger partial charge in [0.1, 0.15) is 0 Å². The van der Waals surface area contributed by atoms with Crippen LogP contribution in [0.15, 0.2) is 0 Å². The number of ether oxygens (including phenoxy) is 1. The van der Waals surface area contributed by atoms with Crippen molar-refractivity contribution in [1.29, 1.82) is 0 Å². The van der Waals surface area contributed by atoms with Gasteiger partial charge in [-0.1, -0.05) is 32.6 Å². The molecule has 0 aromatic carbocycles. The van der Waals surface area contributed by atoms with Gasteiger partial charge in [-0.2, -0.15) is 0 Å². The van der Waals surface area contributed by atoms with Crippen molar-refractivity contribution in [3.63, 3.8) is 0 Å². The SMILES string of the molecule is [2H]C([2H])([2H])C([2H])([2H])OC(=O)CCCCCCC. The molecule has 0 unspecified atom stereocenters. The summed E-state index contributed by atoms with van der Waals surface area (Å²) in [6.07, 6.45) is 4.78. The predicted octanol–water partition coefficient (Wildman–Crippen LogP) is 2.91. The lowest BCUT2D eigenvalue weighted by molar-refractivity contribution is -0.143. The molecule has 72 valence electrons. The fourth-order valence-electron chi connectivity index (χ4n) is 0.981. The number of carbonyl (C=O) groups is 1. The molecule has 0 amide bonds. The van der Waals surface area contributed by atoms with Crippen LogP contribution < -0.4 is 0 Å². The van der Waals surface area contributed by atoms with E-state index in [1.54, 1.807) is 0 Å². The van der Waals surface area contributed by atoms with Gasteiger partial charge in [0, 0.05) is 10.5 Å². The molecular weight excluding hydrogens is 152 g/mol. The van der Waals surface area contributed by atoms with Crippen LogP contribution in [-0.4, -0.2) is 12.5 Å². The average Bonchev–Trinajstić information content (AvgIpc) is 2.14. The van der Waals surface area contributed by atoms with Gasteiger partial charge in [0.2, 0.25) is 0 Å². The van der Waals surface area contributed by atoms with Crippen molar-refractivity contribution in [2.24, 2.45) is 0 Å². The number of esters is 1. The molecule has 0 fully saturated rings. The van der Waals surface area contributed by atoms with Gasteiger partial charge < -0.3 is 4.74 Å². The van der Waals surface area contributed by atoms with Crippen molar-refractivity contribution in [2.75, 3.05) is 6.56 Å². The van der Waals surface area contributed by atoms with E-state index in [4.69, 9.17) is 6.85 Å². The highest BCUT2D eigenvalue weighted by atomic mass is 16.5. The molecule has 0 aromatic rings. The zero-order valence-electron chi connectivity index (χ0n) is 12.6. The van der Waals surface area contributed by atoms with Gasteiger partial charge in [-0.3, -0.25) is 4.79 Å². The summed E-state index contributed by atoms with van der Waals surface area (Å²) in [5.74, 6) is -0.789. The third-order valence-corrected chi connectivity index (χ3v) is 1.65. The summed E-state index contributed by atoms with van der Waals surface area (Å²) in [5, 5.41) is 0. The van der Waals surface area contributed by atoms with Gasteiger partial charge >= 0.3 is 5.97 Å². The van der Waals surface area contributed by atoms with E-state index >= 15 is 0 Å². The Morgan fingerprint density at radius 3 is 2.83 bits per heavy atom. The molecule has 0 aliphatic heterocycles. The van der Waals surface area contributed by atoms with Crippen molar-refractivity contribution < 1.29 is 16.4 Å². The summed E-state index contributed by atoms with van der Waals surface area (Å²) in [5.41, 5.74) is 0. The summed E-state index contributed by atoms with van der Waals surface area (Å²) in [6, 6.07) is 0. The molecule has 0 aliphatic carbocycles. The van der Waals surface area contributed by atoms with Crippen molar-refractivity contribution in [3.05, 3.63) is 0 Å². The van der Waals surface area contributed by atoms with E-state index in [1.807, 2.05) is 0 Å². The lowest BCUT2D eigenvalue weighted by Crippen LogP contribution is -2.02. The lowest BCUT2D eigenvalue weighted by Gasteiger charge is -2.00. The first kappa shape index (κ1) is 5.25. The number of rotatable bonds is 7. The number of carbonyl (C=O) groups excluding carboxylic acids is 1. The molecule has 0 N–H and O–H groups in total. The number of hydrogen-bond donors (Lipinski definition) is 0. The molecule has 2 nitrogen and oxygen atoms in total. The largest absolute Gasteiger partial charge is 0.466 e. The second-order valence-corrected chi connectivity index (χ2v) is 2.74. The second-order valence-electron chi connectivity index (χ2n) is 2.74. The third-order valence-electron chi connectivity index (χ3n) is 1.65. The maximum absolute atomic E-state index is 11.2. The van der Waals surface area contributed by atoms with Crippen molar-refractivity contribution in [2.45, 2.75) is 52.3 Å². The zero-order valence-corrected chi connectivity index (χ0v) is 7.56. The van der Waals surface area contributed by atoms with Crippen LogP contribution in [-0.2, 0) is 9.53 Å². The average molecular weight is 177 g/mol. The highest BCUT2D eigenvalue weighted by Crippen LogP contribution is 2.05. The van der Waals surface area contributed by atoms with Gasteiger partial charge in [0.05, 0.1) is 9.30 Å². The molecule has 0 radical (unpaired) electrons. The fraction of sp³-hybridized carbons (Fsp3) is 0.900. The standard InChI is InChI=1S/C10H20O2/c1-3-5-6-7-8-9-10(11)12-4-2/h3-9H2,1-2H3/i2D3,4D2. The predicted molar refractivity (Wildman–Crippen MR) is 50.0 cm³/mol. The molecule has 0 rings (SSSR count). The maximum atomic E-state index is 11.2. The van der Waals surface area contributed by atoms with Gasteiger partial charge in [0.25, 0.3) is 0 Å². The van der Waals surface area contributed by atoms with Crippen molar-refractivity contribution in [3.8, 4) is 0 Å². The van der Waals surface area contributed by atoms with E-state index in [2.05, 4.69) is 11.7 Å². The third kappa shape index (κ3) is 7.58. The Kier molecular flexibility index (Phi) is 3.75. The van der Waals surface area contributed by atoms with Gasteiger partial charge in [0.15, 0.2) is 0 Å². The van der Waals surface area contributed by atoms with Gasteiger partial charge in [-0.15, -0.1) is 0 Å². The zero-order chi connectivity index (χ0) is 13.5. The van der Waals surface area contributed by atoms with E-state index in [0.717, 1.165) is 25.7 Å². The Morgan fingerprint density at radius 1 is 1.42 bits per heavy atom. The molecule has 0 atom stereocenters. The Labute approximate surface area is 82.3 Å². The quantitative estimate of drug-likeness (QED) is 0.441. The van der Waals surface area contributed by atoms with E-state index in [1.165, 1.54) is 0 Å². The van der Waals surface area contributed by atoms with Gasteiger partial charge in [-0.25, -0.2) is 0 Å². The lowest BCUT2D eigenvalue weighted by atomic mass is 10.1. The monoisotopic (exact) mass is 177 g/mol. The minimum Gasteiger partial charge on any atom is -0.466 e. The number of unbranched alkanes of at least 4 members (excludes halogenated alkanes) is 4. The van der Waals surface area contributed by atoms with Crippen LogP contribution in [0.2, 0.25) is 0 Å². The van der Waals surface area contributed by atoms with Crippen LogP contribution in [0.4, 0.5) is 0 Å². The highest BCUT2D eigenvalue weighted by Gasteiger charge is 1.99. The van der Waals surface area contributed by atoms with Crippen LogP contribution in [0.25, 0.3) is 0 Å². The summed E-state index contributed by atoms with van der Waals surface area (Å²) < 4.78 is 39.2. The van der Waals surface area contributed by atoms with Crippen molar-refractivity contribution in [1.82, 2.24) is 0 Å². The van der Waals surface area contributed by atoms with Gasteiger partial charge in [-0.05, 0) is 13.3 Å². The minimum atomic E-state index is -2.94. The molecule has 12 heavy (non-hydrogen) atoms. The molecule has 0 spiro atoms. The Balaban J connectivity index is 3.87. The Morgan fingerprint density at radius 2 is 2.17 bits per heavy atom. The Hall–Kier alpha value is -0.530. The van der Waals surface area contributed by atoms with Crippen LogP contribution in [0.1, 0.15) is 59.2 Å². The molecule has 0 heterocycles.